The van der Waals surface area contributed by atoms with Crippen LogP contribution < -0.4 is 0 Å². The molecule has 0 saturated heterocycles. The number of rotatable bonds is 4. The predicted molar refractivity (Wildman–Crippen MR) is 62.9 cm³/mol. The Hall–Kier alpha value is -1.84. The summed E-state index contributed by atoms with van der Waals surface area (Å²) in [4.78, 5) is 23.8. The van der Waals surface area contributed by atoms with E-state index in [0.717, 1.165) is 0 Å². The highest BCUT2D eigenvalue weighted by molar-refractivity contribution is 6.11. The van der Waals surface area contributed by atoms with Crippen LogP contribution in [-0.4, -0.2) is 23.5 Å². The van der Waals surface area contributed by atoms with Crippen molar-refractivity contribution in [3.63, 3.8) is 0 Å². The van der Waals surface area contributed by atoms with Crippen LogP contribution in [0.2, 0.25) is 0 Å². The summed E-state index contributed by atoms with van der Waals surface area (Å²) in [5.74, 6) is -0.787. The molecule has 4 nitrogen and oxygen atoms in total. The Morgan fingerprint density at radius 1 is 1.24 bits per heavy atom. The number of ether oxygens (including phenoxy) is 1. The number of aromatic hydroxyl groups is 1. The standard InChI is InChI=1S/C13H16O4/c1-4-17-12(16)13(2,3)11(15)9-5-7-10(14)8-6-9/h5-8,14H,4H2,1-3H3. The molecule has 0 unspecified atom stereocenters. The molecule has 1 aromatic carbocycles. The van der Waals surface area contributed by atoms with Gasteiger partial charge in [0.05, 0.1) is 6.61 Å². The fourth-order valence-electron chi connectivity index (χ4n) is 1.38. The van der Waals surface area contributed by atoms with Crippen LogP contribution in [0.4, 0.5) is 0 Å². The minimum absolute atomic E-state index is 0.0792. The lowest BCUT2D eigenvalue weighted by Gasteiger charge is -2.20. The van der Waals surface area contributed by atoms with E-state index in [9.17, 15) is 9.59 Å². The van der Waals surface area contributed by atoms with Gasteiger partial charge in [0.2, 0.25) is 0 Å². The quantitative estimate of drug-likeness (QED) is 0.494. The maximum absolute atomic E-state index is 12.1. The van der Waals surface area contributed by atoms with Gasteiger partial charge < -0.3 is 9.84 Å². The van der Waals surface area contributed by atoms with E-state index in [4.69, 9.17) is 9.84 Å². The number of ketones is 1. The molecule has 1 aromatic rings. The Bertz CT molecular complexity index is 418. The largest absolute Gasteiger partial charge is 0.508 e. The smallest absolute Gasteiger partial charge is 0.319 e. The molecule has 0 heterocycles. The van der Waals surface area contributed by atoms with Crippen molar-refractivity contribution in [3.8, 4) is 5.75 Å². The van der Waals surface area contributed by atoms with Crippen molar-refractivity contribution in [1.82, 2.24) is 0 Å². The number of hydrogen-bond acceptors (Lipinski definition) is 4. The minimum atomic E-state index is -1.22. The summed E-state index contributed by atoms with van der Waals surface area (Å²) in [5.41, 5.74) is -0.840. The SMILES string of the molecule is CCOC(=O)C(C)(C)C(=O)c1ccc(O)cc1. The summed E-state index contributed by atoms with van der Waals surface area (Å²) in [5, 5.41) is 9.13. The van der Waals surface area contributed by atoms with E-state index in [1.807, 2.05) is 0 Å². The Morgan fingerprint density at radius 2 is 1.76 bits per heavy atom. The normalized spacial score (nSPS) is 11.0. The summed E-state index contributed by atoms with van der Waals surface area (Å²) >= 11 is 0. The molecule has 0 fully saturated rings. The van der Waals surface area contributed by atoms with Crippen molar-refractivity contribution < 1.29 is 19.4 Å². The second kappa shape index (κ2) is 4.99. The lowest BCUT2D eigenvalue weighted by molar-refractivity contribution is -0.150. The van der Waals surface area contributed by atoms with Crippen LogP contribution in [0.5, 0.6) is 5.75 Å². The fraction of sp³-hybridized carbons (Fsp3) is 0.385. The lowest BCUT2D eigenvalue weighted by atomic mass is 9.84. The Balaban J connectivity index is 2.95. The summed E-state index contributed by atoms with van der Waals surface area (Å²) in [6.07, 6.45) is 0. The van der Waals surface area contributed by atoms with Gasteiger partial charge in [-0.15, -0.1) is 0 Å². The molecule has 1 N–H and O–H groups in total. The second-order valence-corrected chi connectivity index (χ2v) is 4.22. The number of benzene rings is 1. The number of Topliss-reactive ketones (excluding diaryl/α,β-unsaturated/α-hetero) is 1. The van der Waals surface area contributed by atoms with Crippen LogP contribution in [0.1, 0.15) is 31.1 Å². The zero-order valence-corrected chi connectivity index (χ0v) is 10.2. The Kier molecular flexibility index (Phi) is 3.89. The number of esters is 1. The molecule has 0 atom stereocenters. The highest BCUT2D eigenvalue weighted by Crippen LogP contribution is 2.24. The van der Waals surface area contributed by atoms with Gasteiger partial charge >= 0.3 is 5.97 Å². The topological polar surface area (TPSA) is 63.6 Å². The van der Waals surface area contributed by atoms with E-state index >= 15 is 0 Å². The number of hydrogen-bond donors (Lipinski definition) is 1. The lowest BCUT2D eigenvalue weighted by Crippen LogP contribution is -2.35. The average molecular weight is 236 g/mol. The molecular weight excluding hydrogens is 220 g/mol. The van der Waals surface area contributed by atoms with Crippen molar-refractivity contribution in [3.05, 3.63) is 29.8 Å². The molecule has 0 aliphatic rings. The van der Waals surface area contributed by atoms with Crippen LogP contribution in [0.25, 0.3) is 0 Å². The van der Waals surface area contributed by atoms with E-state index in [-0.39, 0.29) is 18.1 Å². The van der Waals surface area contributed by atoms with Crippen molar-refractivity contribution in [2.24, 2.45) is 5.41 Å². The monoisotopic (exact) mass is 236 g/mol. The molecular formula is C13H16O4. The van der Waals surface area contributed by atoms with Crippen LogP contribution in [0, 0.1) is 5.41 Å². The van der Waals surface area contributed by atoms with Crippen LogP contribution in [0.3, 0.4) is 0 Å². The predicted octanol–water partition coefficient (Wildman–Crippen LogP) is 2.16. The van der Waals surface area contributed by atoms with Crippen molar-refractivity contribution >= 4 is 11.8 Å². The maximum Gasteiger partial charge on any atom is 0.319 e. The van der Waals surface area contributed by atoms with Gasteiger partial charge in [-0.2, -0.15) is 0 Å². The Labute approximate surface area is 100 Å². The van der Waals surface area contributed by atoms with Crippen LogP contribution >= 0.6 is 0 Å². The van der Waals surface area contributed by atoms with Gasteiger partial charge in [0.1, 0.15) is 11.2 Å². The van der Waals surface area contributed by atoms with Gasteiger partial charge in [-0.1, -0.05) is 0 Å². The van der Waals surface area contributed by atoms with E-state index in [2.05, 4.69) is 0 Å². The molecule has 0 bridgehead atoms. The van der Waals surface area contributed by atoms with Crippen LogP contribution in [-0.2, 0) is 9.53 Å². The minimum Gasteiger partial charge on any atom is -0.508 e. The van der Waals surface area contributed by atoms with E-state index in [0.29, 0.717) is 5.56 Å². The molecule has 17 heavy (non-hydrogen) atoms. The molecule has 0 spiro atoms. The van der Waals surface area contributed by atoms with Gasteiger partial charge in [-0.05, 0) is 45.0 Å². The third-order valence-electron chi connectivity index (χ3n) is 2.48. The molecule has 1 rings (SSSR count). The first kappa shape index (κ1) is 13.2. The van der Waals surface area contributed by atoms with Crippen molar-refractivity contribution in [2.45, 2.75) is 20.8 Å². The highest BCUT2D eigenvalue weighted by Gasteiger charge is 2.37. The fourth-order valence-corrected chi connectivity index (χ4v) is 1.38. The van der Waals surface area contributed by atoms with Crippen LogP contribution in [0.15, 0.2) is 24.3 Å². The second-order valence-electron chi connectivity index (χ2n) is 4.22. The third kappa shape index (κ3) is 2.84. The van der Waals surface area contributed by atoms with Gasteiger partial charge in [0.15, 0.2) is 5.78 Å². The molecule has 0 aliphatic heterocycles. The molecule has 92 valence electrons. The van der Waals surface area contributed by atoms with E-state index in [1.165, 1.54) is 38.1 Å². The van der Waals surface area contributed by atoms with Gasteiger partial charge in [-0.3, -0.25) is 9.59 Å². The van der Waals surface area contributed by atoms with E-state index < -0.39 is 11.4 Å². The molecule has 4 heteroatoms. The first-order valence-corrected chi connectivity index (χ1v) is 5.40. The molecule has 0 aliphatic carbocycles. The molecule has 0 amide bonds. The van der Waals surface area contributed by atoms with Gasteiger partial charge in [-0.25, -0.2) is 0 Å². The van der Waals surface area contributed by atoms with E-state index in [1.54, 1.807) is 6.92 Å². The summed E-state index contributed by atoms with van der Waals surface area (Å²) in [6.45, 7) is 4.99. The van der Waals surface area contributed by atoms with Gasteiger partial charge in [0.25, 0.3) is 0 Å². The number of phenols is 1. The summed E-state index contributed by atoms with van der Waals surface area (Å²) in [6, 6.07) is 5.79. The Morgan fingerprint density at radius 3 is 2.24 bits per heavy atom. The first-order chi connectivity index (χ1) is 7.89. The third-order valence-corrected chi connectivity index (χ3v) is 2.48. The van der Waals surface area contributed by atoms with Crippen molar-refractivity contribution in [1.29, 1.82) is 0 Å². The zero-order valence-electron chi connectivity index (χ0n) is 10.2. The van der Waals surface area contributed by atoms with Crippen molar-refractivity contribution in [2.75, 3.05) is 6.61 Å². The highest BCUT2D eigenvalue weighted by atomic mass is 16.5. The molecule has 0 saturated carbocycles. The number of carbonyl (C=O) groups is 2. The summed E-state index contributed by atoms with van der Waals surface area (Å²) in [7, 11) is 0. The molecule has 0 radical (unpaired) electrons. The molecule has 0 aromatic heterocycles. The first-order valence-electron chi connectivity index (χ1n) is 5.40. The zero-order chi connectivity index (χ0) is 13.1. The average Bonchev–Trinajstić information content (AvgIpc) is 2.29. The number of carbonyl (C=O) groups excluding carboxylic acids is 2. The number of phenolic OH excluding ortho intramolecular Hbond substituents is 1. The van der Waals surface area contributed by atoms with Gasteiger partial charge in [0, 0.05) is 5.56 Å². The maximum atomic E-state index is 12.1. The summed E-state index contributed by atoms with van der Waals surface area (Å²) < 4.78 is 4.86.